The summed E-state index contributed by atoms with van der Waals surface area (Å²) in [6.07, 6.45) is 2.01. The molecule has 0 spiro atoms. The summed E-state index contributed by atoms with van der Waals surface area (Å²) in [7, 11) is 1.68. The second-order valence-electron chi connectivity index (χ2n) is 2.03. The Morgan fingerprint density at radius 3 is 2.73 bits per heavy atom. The average Bonchev–Trinajstić information content (AvgIpc) is 2.06. The summed E-state index contributed by atoms with van der Waals surface area (Å²) in [5.74, 6) is 0.917. The van der Waals surface area contributed by atoms with Gasteiger partial charge in [-0.25, -0.2) is 0 Å². The molecule has 0 aromatic heterocycles. The molecular weight excluding hydrogens is 251 g/mol. The van der Waals surface area contributed by atoms with Crippen molar-refractivity contribution in [2.24, 2.45) is 0 Å². The van der Waals surface area contributed by atoms with Gasteiger partial charge in [0.15, 0.2) is 0 Å². The molecule has 0 amide bonds. The third kappa shape index (κ3) is 2.22. The molecule has 11 heavy (non-hydrogen) atoms. The molecule has 1 rings (SSSR count). The first-order chi connectivity index (χ1) is 5.38. The molecule has 0 saturated heterocycles. The van der Waals surface area contributed by atoms with Crippen LogP contribution in [-0.2, 0) is 0 Å². The topological polar surface area (TPSA) is 9.23 Å². The lowest BCUT2D eigenvalue weighted by Crippen LogP contribution is -1.84. The summed E-state index contributed by atoms with van der Waals surface area (Å²) in [5, 5.41) is 0. The minimum Gasteiger partial charge on any atom is -0.496 e. The van der Waals surface area contributed by atoms with Gasteiger partial charge in [-0.3, -0.25) is 0 Å². The van der Waals surface area contributed by atoms with Crippen LogP contribution in [0.5, 0.6) is 5.75 Å². The predicted molar refractivity (Wildman–Crippen MR) is 56.0 cm³/mol. The number of ether oxygens (including phenoxy) is 1. The van der Waals surface area contributed by atoms with E-state index in [1.54, 1.807) is 7.11 Å². The first kappa shape index (κ1) is 8.59. The Kier molecular flexibility index (Phi) is 3.42. The van der Waals surface area contributed by atoms with Crippen molar-refractivity contribution in [3.05, 3.63) is 33.9 Å². The van der Waals surface area contributed by atoms with Crippen LogP contribution in [0.4, 0.5) is 0 Å². The molecule has 0 unspecified atom stereocenters. The van der Waals surface area contributed by atoms with Crippen LogP contribution in [0.15, 0.2) is 28.3 Å². The molecule has 0 saturated carbocycles. The van der Waals surface area contributed by atoms with Gasteiger partial charge in [0.25, 0.3) is 0 Å². The predicted octanol–water partition coefficient (Wildman–Crippen LogP) is 3.10. The van der Waals surface area contributed by atoms with Crippen LogP contribution >= 0.6 is 22.6 Å². The monoisotopic (exact) mass is 260 g/mol. The van der Waals surface area contributed by atoms with Gasteiger partial charge in [-0.1, -0.05) is 40.8 Å². The molecule has 0 atom stereocenters. The number of hydrogen-bond donors (Lipinski definition) is 0. The molecule has 1 nitrogen and oxygen atoms in total. The molecule has 0 N–H and O–H groups in total. The third-order valence-electron chi connectivity index (χ3n) is 1.38. The minimum atomic E-state index is 0.917. The third-order valence-corrected chi connectivity index (χ3v) is 1.74. The molecule has 0 bridgehead atoms. The lowest BCUT2D eigenvalue weighted by atomic mass is 10.2. The molecule has 0 aliphatic heterocycles. The van der Waals surface area contributed by atoms with E-state index in [0.717, 1.165) is 11.3 Å². The van der Waals surface area contributed by atoms with Gasteiger partial charge in [0.2, 0.25) is 0 Å². The van der Waals surface area contributed by atoms with Crippen LogP contribution in [0.25, 0.3) is 6.08 Å². The summed E-state index contributed by atoms with van der Waals surface area (Å²) >= 11 is 2.19. The van der Waals surface area contributed by atoms with Crippen LogP contribution in [-0.4, -0.2) is 7.11 Å². The normalized spacial score (nSPS) is 10.4. The highest BCUT2D eigenvalue weighted by molar-refractivity contribution is 14.1. The van der Waals surface area contributed by atoms with Crippen LogP contribution in [0.2, 0.25) is 0 Å². The smallest absolute Gasteiger partial charge is 0.126 e. The van der Waals surface area contributed by atoms with E-state index in [-0.39, 0.29) is 0 Å². The van der Waals surface area contributed by atoms with E-state index in [9.17, 15) is 0 Å². The van der Waals surface area contributed by atoms with Crippen molar-refractivity contribution >= 4 is 28.7 Å². The minimum absolute atomic E-state index is 0.917. The van der Waals surface area contributed by atoms with Crippen LogP contribution < -0.4 is 4.74 Å². The summed E-state index contributed by atoms with van der Waals surface area (Å²) in [6, 6.07) is 7.93. The van der Waals surface area contributed by atoms with Crippen LogP contribution in [0.1, 0.15) is 5.56 Å². The van der Waals surface area contributed by atoms with E-state index in [1.807, 2.05) is 34.4 Å². The van der Waals surface area contributed by atoms with E-state index in [0.29, 0.717) is 0 Å². The molecular formula is C9H9IO. The standard InChI is InChI=1S/C9H9IO/c1-11-9-5-3-2-4-8(9)6-7-10/h2-7H,1H3/b7-6+. The zero-order valence-electron chi connectivity index (χ0n) is 6.25. The van der Waals surface area contributed by atoms with E-state index < -0.39 is 0 Å². The fraction of sp³-hybridized carbons (Fsp3) is 0.111. The maximum atomic E-state index is 5.14. The van der Waals surface area contributed by atoms with Crippen molar-refractivity contribution in [3.8, 4) is 5.75 Å². The molecule has 0 radical (unpaired) electrons. The maximum Gasteiger partial charge on any atom is 0.126 e. The fourth-order valence-corrected chi connectivity index (χ4v) is 1.26. The van der Waals surface area contributed by atoms with Crippen molar-refractivity contribution in [2.45, 2.75) is 0 Å². The molecule has 0 aliphatic rings. The number of para-hydroxylation sites is 1. The SMILES string of the molecule is COc1ccccc1/C=C/I. The number of benzene rings is 1. The largest absolute Gasteiger partial charge is 0.496 e. The van der Waals surface area contributed by atoms with Gasteiger partial charge >= 0.3 is 0 Å². The molecule has 1 aromatic rings. The van der Waals surface area contributed by atoms with Crippen molar-refractivity contribution in [1.29, 1.82) is 0 Å². The second kappa shape index (κ2) is 4.38. The Balaban J connectivity index is 3.02. The second-order valence-corrected chi connectivity index (χ2v) is 2.75. The van der Waals surface area contributed by atoms with E-state index in [2.05, 4.69) is 22.6 Å². The number of methoxy groups -OCH3 is 1. The Morgan fingerprint density at radius 2 is 2.09 bits per heavy atom. The molecule has 0 fully saturated rings. The number of rotatable bonds is 2. The zero-order chi connectivity index (χ0) is 8.10. The van der Waals surface area contributed by atoms with E-state index in [4.69, 9.17) is 4.74 Å². The lowest BCUT2D eigenvalue weighted by molar-refractivity contribution is 0.414. The quantitative estimate of drug-likeness (QED) is 0.742. The van der Waals surface area contributed by atoms with Crippen molar-refractivity contribution in [1.82, 2.24) is 0 Å². The van der Waals surface area contributed by atoms with Gasteiger partial charge in [-0.2, -0.15) is 0 Å². The van der Waals surface area contributed by atoms with Crippen LogP contribution in [0.3, 0.4) is 0 Å². The first-order valence-corrected chi connectivity index (χ1v) is 4.53. The zero-order valence-corrected chi connectivity index (χ0v) is 8.41. The molecule has 2 heteroatoms. The average molecular weight is 260 g/mol. The highest BCUT2D eigenvalue weighted by Crippen LogP contribution is 2.18. The first-order valence-electron chi connectivity index (χ1n) is 3.28. The van der Waals surface area contributed by atoms with Gasteiger partial charge in [0, 0.05) is 5.56 Å². The van der Waals surface area contributed by atoms with E-state index in [1.165, 1.54) is 0 Å². The van der Waals surface area contributed by atoms with Gasteiger partial charge in [0.05, 0.1) is 7.11 Å². The lowest BCUT2D eigenvalue weighted by Gasteiger charge is -2.01. The summed E-state index contributed by atoms with van der Waals surface area (Å²) < 4.78 is 7.11. The molecule has 58 valence electrons. The van der Waals surface area contributed by atoms with Crippen molar-refractivity contribution in [3.63, 3.8) is 0 Å². The summed E-state index contributed by atoms with van der Waals surface area (Å²) in [5.41, 5.74) is 1.12. The Labute approximate surface area is 80.2 Å². The highest BCUT2D eigenvalue weighted by Gasteiger charge is 1.94. The van der Waals surface area contributed by atoms with Gasteiger partial charge in [0.1, 0.15) is 5.75 Å². The molecule has 0 heterocycles. The van der Waals surface area contributed by atoms with Gasteiger partial charge in [-0.05, 0) is 16.2 Å². The van der Waals surface area contributed by atoms with Gasteiger partial charge < -0.3 is 4.74 Å². The molecule has 0 aliphatic carbocycles. The Morgan fingerprint density at radius 1 is 1.36 bits per heavy atom. The highest BCUT2D eigenvalue weighted by atomic mass is 127. The number of hydrogen-bond acceptors (Lipinski definition) is 1. The summed E-state index contributed by atoms with van der Waals surface area (Å²) in [4.78, 5) is 0. The van der Waals surface area contributed by atoms with Crippen molar-refractivity contribution < 1.29 is 4.74 Å². The fourth-order valence-electron chi connectivity index (χ4n) is 0.872. The molecule has 1 aromatic carbocycles. The van der Waals surface area contributed by atoms with Crippen LogP contribution in [0, 0.1) is 0 Å². The number of halogens is 1. The summed E-state index contributed by atoms with van der Waals surface area (Å²) in [6.45, 7) is 0. The van der Waals surface area contributed by atoms with Gasteiger partial charge in [-0.15, -0.1) is 0 Å². The Hall–Kier alpha value is -0.510. The maximum absolute atomic E-state index is 5.14. The Bertz CT molecular complexity index is 255. The van der Waals surface area contributed by atoms with Crippen molar-refractivity contribution in [2.75, 3.05) is 7.11 Å². The van der Waals surface area contributed by atoms with E-state index >= 15 is 0 Å².